The van der Waals surface area contributed by atoms with Crippen LogP contribution in [0.25, 0.3) is 0 Å². The minimum absolute atomic E-state index is 0.155. The van der Waals surface area contributed by atoms with Crippen LogP contribution in [0.1, 0.15) is 24.3 Å². The molecule has 0 aliphatic carbocycles. The van der Waals surface area contributed by atoms with E-state index < -0.39 is 35.8 Å². The maximum Gasteiger partial charge on any atom is 0.330 e. The van der Waals surface area contributed by atoms with Crippen molar-refractivity contribution < 1.29 is 19.7 Å². The molecule has 0 spiro atoms. The van der Waals surface area contributed by atoms with Crippen molar-refractivity contribution in [3.05, 3.63) is 32.6 Å². The smallest absolute Gasteiger partial charge is 0.330 e. The molecule has 1 aromatic rings. The van der Waals surface area contributed by atoms with Gasteiger partial charge in [0.15, 0.2) is 0 Å². The second-order valence-electron chi connectivity index (χ2n) is 4.74. The van der Waals surface area contributed by atoms with E-state index in [1.807, 2.05) is 0 Å². The third kappa shape index (κ3) is 3.27. The van der Waals surface area contributed by atoms with Crippen molar-refractivity contribution in [2.75, 3.05) is 19.0 Å². The number of hydrogen-bond acceptors (Lipinski definition) is 6. The molecule has 0 aromatic carbocycles. The highest BCUT2D eigenvalue weighted by Crippen LogP contribution is 2.27. The van der Waals surface area contributed by atoms with E-state index >= 15 is 0 Å². The van der Waals surface area contributed by atoms with Crippen LogP contribution in [0.4, 0.5) is 0 Å². The maximum absolute atomic E-state index is 11.9. The Morgan fingerprint density at radius 2 is 2.33 bits per heavy atom. The van der Waals surface area contributed by atoms with Crippen LogP contribution < -0.4 is 11.2 Å². The highest BCUT2D eigenvalue weighted by atomic mass is 79.9. The molecule has 4 atom stereocenters. The molecule has 2 heterocycles. The molecule has 1 fully saturated rings. The Morgan fingerprint density at radius 3 is 2.86 bits per heavy atom. The Labute approximate surface area is 128 Å². The van der Waals surface area contributed by atoms with E-state index in [0.717, 1.165) is 0 Å². The van der Waals surface area contributed by atoms with Gasteiger partial charge in [-0.3, -0.25) is 14.3 Å². The van der Waals surface area contributed by atoms with Crippen LogP contribution in [0.5, 0.6) is 0 Å². The topological polar surface area (TPSA) is 114 Å². The van der Waals surface area contributed by atoms with Crippen LogP contribution in [0.3, 0.4) is 0 Å². The number of H-pyrrole nitrogens is 1. The highest BCUT2D eigenvalue weighted by Gasteiger charge is 2.35. The first-order valence-corrected chi connectivity index (χ1v) is 7.52. The SMILES string of the molecule is CO[C@H](CBr)c1cn([C@H]2C[C@H](O)[C@@H](CO)O2)c(=O)[nH]c1=O. The third-order valence-electron chi connectivity index (χ3n) is 3.46. The molecule has 8 nitrogen and oxygen atoms in total. The second-order valence-corrected chi connectivity index (χ2v) is 5.39. The van der Waals surface area contributed by atoms with Crippen molar-refractivity contribution in [2.24, 2.45) is 0 Å². The molecular weight excluding hydrogens is 348 g/mol. The number of halogens is 1. The van der Waals surface area contributed by atoms with Gasteiger partial charge in [0.05, 0.1) is 24.4 Å². The lowest BCUT2D eigenvalue weighted by Crippen LogP contribution is -2.35. The zero-order valence-corrected chi connectivity index (χ0v) is 12.9. The van der Waals surface area contributed by atoms with E-state index in [2.05, 4.69) is 20.9 Å². The zero-order chi connectivity index (χ0) is 15.6. The summed E-state index contributed by atoms with van der Waals surface area (Å²) in [4.78, 5) is 26.0. The molecule has 0 bridgehead atoms. The molecule has 2 rings (SSSR count). The molecule has 1 aromatic heterocycles. The van der Waals surface area contributed by atoms with Crippen molar-refractivity contribution in [1.29, 1.82) is 0 Å². The van der Waals surface area contributed by atoms with Crippen molar-refractivity contribution in [1.82, 2.24) is 9.55 Å². The number of methoxy groups -OCH3 is 1. The number of alkyl halides is 1. The van der Waals surface area contributed by atoms with Crippen molar-refractivity contribution in [2.45, 2.75) is 31.0 Å². The van der Waals surface area contributed by atoms with Crippen LogP contribution >= 0.6 is 15.9 Å². The third-order valence-corrected chi connectivity index (χ3v) is 4.05. The number of nitrogens with one attached hydrogen (secondary N) is 1. The van der Waals surface area contributed by atoms with Crippen molar-refractivity contribution >= 4 is 15.9 Å². The molecule has 9 heteroatoms. The first kappa shape index (κ1) is 16.4. The van der Waals surface area contributed by atoms with Gasteiger partial charge in [-0.05, 0) is 0 Å². The van der Waals surface area contributed by atoms with Crippen molar-refractivity contribution in [3.8, 4) is 0 Å². The molecule has 0 unspecified atom stereocenters. The lowest BCUT2D eigenvalue weighted by atomic mass is 10.2. The molecule has 3 N–H and O–H groups in total. The number of aromatic amines is 1. The van der Waals surface area contributed by atoms with Crippen LogP contribution in [0.15, 0.2) is 15.8 Å². The predicted molar refractivity (Wildman–Crippen MR) is 76.5 cm³/mol. The lowest BCUT2D eigenvalue weighted by molar-refractivity contribution is -0.0461. The molecule has 118 valence electrons. The first-order chi connectivity index (χ1) is 10.0. The van der Waals surface area contributed by atoms with Gasteiger partial charge < -0.3 is 19.7 Å². The lowest BCUT2D eigenvalue weighted by Gasteiger charge is -2.17. The minimum Gasteiger partial charge on any atom is -0.394 e. The van der Waals surface area contributed by atoms with Crippen LogP contribution in [0, 0.1) is 0 Å². The van der Waals surface area contributed by atoms with E-state index in [1.54, 1.807) is 0 Å². The van der Waals surface area contributed by atoms with Gasteiger partial charge in [0.25, 0.3) is 5.56 Å². The molecule has 1 saturated heterocycles. The van der Waals surface area contributed by atoms with Crippen molar-refractivity contribution in [3.63, 3.8) is 0 Å². The predicted octanol–water partition coefficient (Wildman–Crippen LogP) is -0.740. The highest BCUT2D eigenvalue weighted by molar-refractivity contribution is 9.09. The fourth-order valence-electron chi connectivity index (χ4n) is 2.27. The first-order valence-electron chi connectivity index (χ1n) is 6.40. The number of nitrogens with zero attached hydrogens (tertiary/aromatic N) is 1. The molecular formula is C12H17BrN2O6. The van der Waals surface area contributed by atoms with Gasteiger partial charge in [-0.1, -0.05) is 15.9 Å². The fraction of sp³-hybridized carbons (Fsp3) is 0.667. The van der Waals surface area contributed by atoms with E-state index in [1.165, 1.54) is 17.9 Å². The molecule has 21 heavy (non-hydrogen) atoms. The quantitative estimate of drug-likeness (QED) is 0.593. The molecule has 0 amide bonds. The number of ether oxygens (including phenoxy) is 2. The van der Waals surface area contributed by atoms with E-state index in [4.69, 9.17) is 14.6 Å². The number of aliphatic hydroxyl groups is 2. The normalized spacial score (nSPS) is 27.0. The molecule has 1 aliphatic heterocycles. The monoisotopic (exact) mass is 364 g/mol. The molecule has 1 aliphatic rings. The molecule has 0 saturated carbocycles. The van der Waals surface area contributed by atoms with Gasteiger partial charge in [-0.15, -0.1) is 0 Å². The Morgan fingerprint density at radius 1 is 1.62 bits per heavy atom. The van der Waals surface area contributed by atoms with Crippen LogP contribution in [-0.2, 0) is 9.47 Å². The van der Waals surface area contributed by atoms with Gasteiger partial charge >= 0.3 is 5.69 Å². The Kier molecular flexibility index (Phi) is 5.33. The summed E-state index contributed by atoms with van der Waals surface area (Å²) in [6, 6.07) is 0. The fourth-order valence-corrected chi connectivity index (χ4v) is 2.88. The summed E-state index contributed by atoms with van der Waals surface area (Å²) < 4.78 is 11.8. The zero-order valence-electron chi connectivity index (χ0n) is 11.4. The summed E-state index contributed by atoms with van der Waals surface area (Å²) in [7, 11) is 1.46. The summed E-state index contributed by atoms with van der Waals surface area (Å²) in [5.74, 6) is 0. The van der Waals surface area contributed by atoms with Gasteiger partial charge in [0.1, 0.15) is 12.3 Å². The Bertz CT molecular complexity index is 596. The second kappa shape index (κ2) is 6.84. The summed E-state index contributed by atoms with van der Waals surface area (Å²) in [6.45, 7) is -0.343. The number of hydrogen-bond donors (Lipinski definition) is 3. The van der Waals surface area contributed by atoms with Gasteiger partial charge in [-0.2, -0.15) is 0 Å². The largest absolute Gasteiger partial charge is 0.394 e. The number of aliphatic hydroxyl groups excluding tert-OH is 2. The summed E-state index contributed by atoms with van der Waals surface area (Å²) >= 11 is 3.23. The van der Waals surface area contributed by atoms with E-state index in [-0.39, 0.29) is 18.6 Å². The summed E-state index contributed by atoms with van der Waals surface area (Å²) in [5, 5.41) is 19.2. The Hall–Kier alpha value is -1.00. The van der Waals surface area contributed by atoms with Crippen LogP contribution in [0.2, 0.25) is 0 Å². The Balaban J connectivity index is 2.39. The average molecular weight is 365 g/mol. The average Bonchev–Trinajstić information content (AvgIpc) is 2.83. The molecule has 0 radical (unpaired) electrons. The van der Waals surface area contributed by atoms with Crippen LogP contribution in [-0.4, -0.2) is 51.0 Å². The van der Waals surface area contributed by atoms with E-state index in [0.29, 0.717) is 5.33 Å². The van der Waals surface area contributed by atoms with Gasteiger partial charge in [0.2, 0.25) is 0 Å². The van der Waals surface area contributed by atoms with Gasteiger partial charge in [-0.25, -0.2) is 4.79 Å². The maximum atomic E-state index is 11.9. The number of rotatable bonds is 5. The standard InChI is InChI=1S/C12H17BrN2O6/c1-20-8(3-13)6-4-15(12(19)14-11(6)18)10-2-7(17)9(5-16)21-10/h4,7-10,16-17H,2-3,5H2,1H3,(H,14,18,19)/t7-,8+,9+,10+/m0/s1. The number of aromatic nitrogens is 2. The van der Waals surface area contributed by atoms with E-state index in [9.17, 15) is 14.7 Å². The van der Waals surface area contributed by atoms with Gasteiger partial charge in [0, 0.05) is 25.1 Å². The summed E-state index contributed by atoms with van der Waals surface area (Å²) in [6.07, 6.45) is -1.34. The minimum atomic E-state index is -0.864. The summed E-state index contributed by atoms with van der Waals surface area (Å²) in [5.41, 5.74) is -0.886.